The largest absolute Gasteiger partial charge is 0.493 e. The minimum atomic E-state index is 0.151. The van der Waals surface area contributed by atoms with Gasteiger partial charge in [0.25, 0.3) is 0 Å². The number of allylic oxidation sites excluding steroid dienone is 3. The van der Waals surface area contributed by atoms with E-state index in [4.69, 9.17) is 19.9 Å². The summed E-state index contributed by atoms with van der Waals surface area (Å²) in [6, 6.07) is 5.82. The van der Waals surface area contributed by atoms with E-state index in [9.17, 15) is 0 Å². The number of nitrogens with zero attached hydrogens (tertiary/aromatic N) is 5. The van der Waals surface area contributed by atoms with Crippen molar-refractivity contribution in [3.8, 4) is 11.7 Å². The van der Waals surface area contributed by atoms with Crippen molar-refractivity contribution in [3.05, 3.63) is 76.4 Å². The van der Waals surface area contributed by atoms with Crippen molar-refractivity contribution >= 4 is 17.3 Å². The monoisotopic (exact) mass is 454 g/mol. The lowest BCUT2D eigenvalue weighted by atomic mass is 10.1. The number of anilines is 1. The maximum atomic E-state index is 5.88. The van der Waals surface area contributed by atoms with Crippen LogP contribution in [0, 0.1) is 0 Å². The molecule has 0 saturated carbocycles. The summed E-state index contributed by atoms with van der Waals surface area (Å²) in [5.41, 5.74) is 6.83. The number of methoxy groups -OCH3 is 2. The molecule has 0 radical (unpaired) electrons. The Balaban J connectivity index is 1.78. The van der Waals surface area contributed by atoms with Gasteiger partial charge in [-0.2, -0.15) is 9.67 Å². The molecule has 10 heteroatoms. The molecule has 0 aliphatic carbocycles. The molecule has 3 heterocycles. The fourth-order valence-electron chi connectivity index (χ4n) is 2.94. The number of thiophene rings is 1. The second-order valence-electron chi connectivity index (χ2n) is 6.70. The maximum Gasteiger partial charge on any atom is 0.240 e. The zero-order valence-electron chi connectivity index (χ0n) is 18.3. The summed E-state index contributed by atoms with van der Waals surface area (Å²) in [6.07, 6.45) is 6.15. The van der Waals surface area contributed by atoms with Gasteiger partial charge in [-0.15, -0.1) is 16.4 Å². The van der Waals surface area contributed by atoms with Gasteiger partial charge < -0.3 is 19.9 Å². The summed E-state index contributed by atoms with van der Waals surface area (Å²) in [5.74, 6) is 2.84. The van der Waals surface area contributed by atoms with Crippen LogP contribution in [-0.4, -0.2) is 45.6 Å². The third kappa shape index (κ3) is 5.94. The number of ether oxygens (including phenoxy) is 3. The molecular weight excluding hydrogens is 428 g/mol. The van der Waals surface area contributed by atoms with Crippen molar-refractivity contribution in [2.75, 3.05) is 26.6 Å². The normalized spacial score (nSPS) is 12.3. The minimum Gasteiger partial charge on any atom is -0.493 e. The lowest BCUT2D eigenvalue weighted by Crippen LogP contribution is -2.08. The average Bonchev–Trinajstić information content (AvgIpc) is 3.43. The highest BCUT2D eigenvalue weighted by Gasteiger charge is 2.14. The van der Waals surface area contributed by atoms with Crippen LogP contribution in [0.5, 0.6) is 5.88 Å². The number of aromatic nitrogens is 5. The van der Waals surface area contributed by atoms with Crippen molar-refractivity contribution in [3.63, 3.8) is 0 Å². The molecule has 9 nitrogen and oxygen atoms in total. The van der Waals surface area contributed by atoms with Crippen LogP contribution in [0.25, 0.3) is 5.82 Å². The maximum absolute atomic E-state index is 5.88. The standard InChI is InChI=1S/C22H26N6O3S/c1-5-17(29-3)18(30-4)11-15(2)12-20-26-22(23)27-28(20)19-13-21(25-14-24-19)31-9-8-16-7-6-10-32-16/h5-7,10-11,13-14H,1,8-9,12H2,2-4H3,(H2,23,27). The van der Waals surface area contributed by atoms with Crippen LogP contribution in [0.15, 0.2) is 65.7 Å². The van der Waals surface area contributed by atoms with E-state index in [2.05, 4.69) is 32.7 Å². The van der Waals surface area contributed by atoms with Gasteiger partial charge in [-0.25, -0.2) is 9.97 Å². The molecule has 168 valence electrons. The Labute approximate surface area is 190 Å². The number of nitrogens with two attached hydrogens (primary N) is 1. The number of rotatable bonds is 11. The van der Waals surface area contributed by atoms with Gasteiger partial charge in [-0.05, 0) is 30.5 Å². The van der Waals surface area contributed by atoms with Crippen LogP contribution >= 0.6 is 11.3 Å². The molecule has 0 fully saturated rings. The summed E-state index contributed by atoms with van der Waals surface area (Å²) in [7, 11) is 3.13. The zero-order chi connectivity index (χ0) is 22.9. The first-order chi connectivity index (χ1) is 15.5. The second kappa shape index (κ2) is 11.1. The Morgan fingerprint density at radius 2 is 2.06 bits per heavy atom. The van der Waals surface area contributed by atoms with E-state index in [1.54, 1.807) is 42.4 Å². The van der Waals surface area contributed by atoms with Gasteiger partial charge in [0, 0.05) is 23.8 Å². The Kier molecular flexibility index (Phi) is 7.98. The van der Waals surface area contributed by atoms with Gasteiger partial charge >= 0.3 is 0 Å². The third-order valence-electron chi connectivity index (χ3n) is 4.40. The van der Waals surface area contributed by atoms with E-state index in [1.807, 2.05) is 24.4 Å². The molecule has 32 heavy (non-hydrogen) atoms. The van der Waals surface area contributed by atoms with Crippen molar-refractivity contribution in [1.29, 1.82) is 0 Å². The topological polar surface area (TPSA) is 110 Å². The van der Waals surface area contributed by atoms with E-state index in [-0.39, 0.29) is 5.95 Å². The van der Waals surface area contributed by atoms with Gasteiger partial charge in [0.15, 0.2) is 17.3 Å². The van der Waals surface area contributed by atoms with E-state index in [0.29, 0.717) is 42.1 Å². The molecular formula is C22H26N6O3S. The number of nitrogen functional groups attached to an aromatic ring is 1. The molecule has 0 atom stereocenters. The second-order valence-corrected chi connectivity index (χ2v) is 7.73. The van der Waals surface area contributed by atoms with Crippen LogP contribution < -0.4 is 10.5 Å². The molecule has 0 aromatic carbocycles. The first kappa shape index (κ1) is 23.0. The summed E-state index contributed by atoms with van der Waals surface area (Å²) in [6.45, 7) is 6.20. The molecule has 0 amide bonds. The van der Waals surface area contributed by atoms with Gasteiger partial charge in [-0.1, -0.05) is 18.2 Å². The van der Waals surface area contributed by atoms with Crippen LogP contribution in [0.1, 0.15) is 17.6 Å². The first-order valence-corrected chi connectivity index (χ1v) is 10.7. The quantitative estimate of drug-likeness (QED) is 0.346. The van der Waals surface area contributed by atoms with Crippen LogP contribution in [0.2, 0.25) is 0 Å². The van der Waals surface area contributed by atoms with Gasteiger partial charge in [-0.3, -0.25) is 0 Å². The summed E-state index contributed by atoms with van der Waals surface area (Å²) in [5, 5.41) is 6.34. The van der Waals surface area contributed by atoms with Crippen molar-refractivity contribution in [2.24, 2.45) is 0 Å². The summed E-state index contributed by atoms with van der Waals surface area (Å²) >= 11 is 1.70. The van der Waals surface area contributed by atoms with Crippen molar-refractivity contribution < 1.29 is 14.2 Å². The predicted octanol–water partition coefficient (Wildman–Crippen LogP) is 3.50. The van der Waals surface area contributed by atoms with Crippen molar-refractivity contribution in [1.82, 2.24) is 24.7 Å². The van der Waals surface area contributed by atoms with E-state index < -0.39 is 0 Å². The lowest BCUT2D eigenvalue weighted by Gasteiger charge is -2.09. The molecule has 0 unspecified atom stereocenters. The molecule has 3 aromatic heterocycles. The van der Waals surface area contributed by atoms with Crippen LogP contribution in [-0.2, 0) is 22.3 Å². The highest BCUT2D eigenvalue weighted by Crippen LogP contribution is 2.18. The minimum absolute atomic E-state index is 0.151. The van der Waals surface area contributed by atoms with Gasteiger partial charge in [0.2, 0.25) is 11.8 Å². The highest BCUT2D eigenvalue weighted by atomic mass is 32.1. The average molecular weight is 455 g/mol. The van der Waals surface area contributed by atoms with Crippen LogP contribution in [0.3, 0.4) is 0 Å². The van der Waals surface area contributed by atoms with Gasteiger partial charge in [0.05, 0.1) is 20.8 Å². The molecule has 0 spiro atoms. The SMILES string of the molecule is C=CC(OC)=C(C=C(C)Cc1nc(N)nn1-c1cc(OCCc2cccs2)ncn1)OC. The molecule has 0 aliphatic heterocycles. The lowest BCUT2D eigenvalue weighted by molar-refractivity contribution is 0.241. The van der Waals surface area contributed by atoms with E-state index in [0.717, 1.165) is 12.0 Å². The first-order valence-electron chi connectivity index (χ1n) is 9.85. The number of hydrogen-bond donors (Lipinski definition) is 1. The Hall–Kier alpha value is -3.66. The highest BCUT2D eigenvalue weighted by molar-refractivity contribution is 7.09. The summed E-state index contributed by atoms with van der Waals surface area (Å²) in [4.78, 5) is 14.1. The fraction of sp³-hybridized carbons (Fsp3) is 0.273. The Bertz CT molecular complexity index is 1100. The van der Waals surface area contributed by atoms with E-state index in [1.165, 1.54) is 11.2 Å². The Morgan fingerprint density at radius 1 is 1.25 bits per heavy atom. The van der Waals surface area contributed by atoms with Gasteiger partial charge in [0.1, 0.15) is 12.2 Å². The molecule has 0 bridgehead atoms. The molecule has 2 N–H and O–H groups in total. The molecule has 3 aromatic rings. The van der Waals surface area contributed by atoms with Crippen molar-refractivity contribution in [2.45, 2.75) is 19.8 Å². The third-order valence-corrected chi connectivity index (χ3v) is 5.33. The van der Waals surface area contributed by atoms with Crippen LogP contribution in [0.4, 0.5) is 5.95 Å². The molecule has 3 rings (SSSR count). The number of hydrogen-bond acceptors (Lipinski definition) is 9. The Morgan fingerprint density at radius 3 is 2.75 bits per heavy atom. The zero-order valence-corrected chi connectivity index (χ0v) is 19.1. The van der Waals surface area contributed by atoms with E-state index >= 15 is 0 Å². The molecule has 0 aliphatic rings. The summed E-state index contributed by atoms with van der Waals surface area (Å²) < 4.78 is 18.1. The predicted molar refractivity (Wildman–Crippen MR) is 124 cm³/mol. The fourth-order valence-corrected chi connectivity index (χ4v) is 3.63. The smallest absolute Gasteiger partial charge is 0.240 e. The molecule has 0 saturated heterocycles.